The molecule has 0 heterocycles. The van der Waals surface area contributed by atoms with Crippen LogP contribution in [0.4, 0.5) is 0 Å². The summed E-state index contributed by atoms with van der Waals surface area (Å²) in [6.07, 6.45) is 33.0. The van der Waals surface area contributed by atoms with Crippen molar-refractivity contribution >= 4 is 11.9 Å². The Labute approximate surface area is 223 Å². The van der Waals surface area contributed by atoms with E-state index in [4.69, 9.17) is 9.47 Å². The highest BCUT2D eigenvalue weighted by Gasteiger charge is 2.04. The summed E-state index contributed by atoms with van der Waals surface area (Å²) in [5.41, 5.74) is 0. The molecule has 0 rings (SSSR count). The first-order chi connectivity index (χ1) is 17.7. The maximum absolute atomic E-state index is 11.8. The van der Waals surface area contributed by atoms with Gasteiger partial charge in [-0.2, -0.15) is 0 Å². The number of ether oxygens (including phenoxy) is 2. The molecule has 4 heteroatoms. The molecule has 0 aliphatic rings. The SMILES string of the molecule is CCCC/C=C\CCCCCCCC(=O)OCCCCOC(=O)CCCCCCC/C=C\CCCC. The summed E-state index contributed by atoms with van der Waals surface area (Å²) in [5, 5.41) is 0. The molecule has 0 saturated heterocycles. The van der Waals surface area contributed by atoms with Gasteiger partial charge in [0.2, 0.25) is 0 Å². The highest BCUT2D eigenvalue weighted by molar-refractivity contribution is 5.69. The van der Waals surface area contributed by atoms with Crippen LogP contribution in [0.3, 0.4) is 0 Å². The molecule has 0 radical (unpaired) electrons. The first kappa shape index (κ1) is 34.4. The van der Waals surface area contributed by atoms with Crippen LogP contribution < -0.4 is 0 Å². The Bertz CT molecular complexity index is 490. The second kappa shape index (κ2) is 29.6. The average molecular weight is 507 g/mol. The maximum atomic E-state index is 11.8. The molecular weight excluding hydrogens is 448 g/mol. The van der Waals surface area contributed by atoms with Crippen molar-refractivity contribution in [3.8, 4) is 0 Å². The van der Waals surface area contributed by atoms with Gasteiger partial charge in [-0.1, -0.05) is 102 Å². The second-order valence-corrected chi connectivity index (χ2v) is 9.99. The van der Waals surface area contributed by atoms with Crippen molar-refractivity contribution in [1.29, 1.82) is 0 Å². The number of hydrogen-bond donors (Lipinski definition) is 0. The predicted octanol–water partition coefficient (Wildman–Crippen LogP) is 9.81. The number of unbranched alkanes of at least 4 members (excludes halogenated alkanes) is 15. The Morgan fingerprint density at radius 3 is 1.17 bits per heavy atom. The van der Waals surface area contributed by atoms with Crippen LogP contribution in [-0.4, -0.2) is 25.2 Å². The van der Waals surface area contributed by atoms with E-state index >= 15 is 0 Å². The number of allylic oxidation sites excluding steroid dienone is 4. The molecule has 0 aliphatic carbocycles. The van der Waals surface area contributed by atoms with Gasteiger partial charge in [0.1, 0.15) is 0 Å². The lowest BCUT2D eigenvalue weighted by molar-refractivity contribution is -0.146. The number of carbonyl (C=O) groups is 2. The molecule has 0 unspecified atom stereocenters. The molecular formula is C32H58O4. The van der Waals surface area contributed by atoms with Gasteiger partial charge in [-0.05, 0) is 64.2 Å². The summed E-state index contributed by atoms with van der Waals surface area (Å²) in [4.78, 5) is 23.6. The molecule has 4 nitrogen and oxygen atoms in total. The van der Waals surface area contributed by atoms with Crippen LogP contribution in [0.25, 0.3) is 0 Å². The second-order valence-electron chi connectivity index (χ2n) is 9.99. The van der Waals surface area contributed by atoms with E-state index in [1.165, 1.54) is 89.9 Å². The maximum Gasteiger partial charge on any atom is 0.305 e. The largest absolute Gasteiger partial charge is 0.466 e. The van der Waals surface area contributed by atoms with E-state index in [1.54, 1.807) is 0 Å². The van der Waals surface area contributed by atoms with Gasteiger partial charge in [0, 0.05) is 12.8 Å². The van der Waals surface area contributed by atoms with Gasteiger partial charge in [-0.25, -0.2) is 0 Å². The molecule has 0 aromatic carbocycles. The average Bonchev–Trinajstić information content (AvgIpc) is 2.87. The molecule has 210 valence electrons. The standard InChI is InChI=1S/C32H58O4/c1-3-5-7-9-11-13-15-17-19-21-23-27-31(33)35-29-25-26-30-36-32(34)28-24-22-20-18-16-14-12-10-8-6-4-2/h9-12H,3-8,13-30H2,1-2H3/b11-9-,12-10-. The molecule has 0 spiro atoms. The van der Waals surface area contributed by atoms with E-state index in [9.17, 15) is 9.59 Å². The Morgan fingerprint density at radius 1 is 0.444 bits per heavy atom. The molecule has 0 aliphatic heterocycles. The third-order valence-electron chi connectivity index (χ3n) is 6.35. The third kappa shape index (κ3) is 28.7. The minimum atomic E-state index is -0.0987. The Balaban J connectivity index is 3.33. The Morgan fingerprint density at radius 2 is 0.778 bits per heavy atom. The van der Waals surface area contributed by atoms with Crippen molar-refractivity contribution in [1.82, 2.24) is 0 Å². The number of carbonyl (C=O) groups excluding carboxylic acids is 2. The van der Waals surface area contributed by atoms with E-state index in [0.29, 0.717) is 26.1 Å². The summed E-state index contributed by atoms with van der Waals surface area (Å²) >= 11 is 0. The van der Waals surface area contributed by atoms with Crippen molar-refractivity contribution < 1.29 is 19.1 Å². The van der Waals surface area contributed by atoms with Crippen molar-refractivity contribution in [3.63, 3.8) is 0 Å². The van der Waals surface area contributed by atoms with E-state index < -0.39 is 0 Å². The summed E-state index contributed by atoms with van der Waals surface area (Å²) in [6.45, 7) is 5.30. The van der Waals surface area contributed by atoms with Crippen LogP contribution in [0.5, 0.6) is 0 Å². The molecule has 0 saturated carbocycles. The molecule has 0 amide bonds. The lowest BCUT2D eigenvalue weighted by atomic mass is 10.1. The van der Waals surface area contributed by atoms with Crippen LogP contribution in [0.15, 0.2) is 24.3 Å². The van der Waals surface area contributed by atoms with E-state index in [0.717, 1.165) is 38.5 Å². The first-order valence-corrected chi connectivity index (χ1v) is 15.3. The van der Waals surface area contributed by atoms with Crippen LogP contribution in [0.1, 0.15) is 155 Å². The van der Waals surface area contributed by atoms with Crippen molar-refractivity contribution in [2.45, 2.75) is 155 Å². The quantitative estimate of drug-likeness (QED) is 0.0632. The molecule has 0 atom stereocenters. The van der Waals surface area contributed by atoms with Gasteiger partial charge in [-0.15, -0.1) is 0 Å². The molecule has 0 fully saturated rings. The van der Waals surface area contributed by atoms with Gasteiger partial charge in [0.15, 0.2) is 0 Å². The van der Waals surface area contributed by atoms with Gasteiger partial charge in [0.05, 0.1) is 13.2 Å². The fourth-order valence-corrected chi connectivity index (χ4v) is 3.96. The fraction of sp³-hybridized carbons (Fsp3) is 0.812. The zero-order valence-electron chi connectivity index (χ0n) is 23.9. The van der Waals surface area contributed by atoms with E-state index in [2.05, 4.69) is 38.2 Å². The topological polar surface area (TPSA) is 52.6 Å². The minimum Gasteiger partial charge on any atom is -0.466 e. The first-order valence-electron chi connectivity index (χ1n) is 15.3. The summed E-state index contributed by atoms with van der Waals surface area (Å²) < 4.78 is 10.6. The number of esters is 2. The zero-order valence-corrected chi connectivity index (χ0v) is 23.9. The van der Waals surface area contributed by atoms with Crippen molar-refractivity contribution in [2.24, 2.45) is 0 Å². The van der Waals surface area contributed by atoms with Crippen molar-refractivity contribution in [3.05, 3.63) is 24.3 Å². The Hall–Kier alpha value is -1.58. The molecule has 36 heavy (non-hydrogen) atoms. The lowest BCUT2D eigenvalue weighted by Gasteiger charge is -2.06. The predicted molar refractivity (Wildman–Crippen MR) is 153 cm³/mol. The lowest BCUT2D eigenvalue weighted by Crippen LogP contribution is -2.08. The van der Waals surface area contributed by atoms with E-state index in [1.807, 2.05) is 0 Å². The van der Waals surface area contributed by atoms with Gasteiger partial charge < -0.3 is 9.47 Å². The van der Waals surface area contributed by atoms with Gasteiger partial charge >= 0.3 is 11.9 Å². The van der Waals surface area contributed by atoms with Crippen LogP contribution in [0.2, 0.25) is 0 Å². The van der Waals surface area contributed by atoms with Crippen LogP contribution in [-0.2, 0) is 19.1 Å². The monoisotopic (exact) mass is 506 g/mol. The fourth-order valence-electron chi connectivity index (χ4n) is 3.96. The summed E-state index contributed by atoms with van der Waals surface area (Å²) in [7, 11) is 0. The smallest absolute Gasteiger partial charge is 0.305 e. The van der Waals surface area contributed by atoms with Gasteiger partial charge in [-0.3, -0.25) is 9.59 Å². The molecule has 0 aromatic rings. The Kier molecular flexibility index (Phi) is 28.3. The van der Waals surface area contributed by atoms with E-state index in [-0.39, 0.29) is 11.9 Å². The summed E-state index contributed by atoms with van der Waals surface area (Å²) in [6, 6.07) is 0. The molecule has 0 N–H and O–H groups in total. The number of hydrogen-bond acceptors (Lipinski definition) is 4. The number of rotatable bonds is 27. The highest BCUT2D eigenvalue weighted by Crippen LogP contribution is 2.10. The van der Waals surface area contributed by atoms with Crippen LogP contribution in [0, 0.1) is 0 Å². The van der Waals surface area contributed by atoms with Gasteiger partial charge in [0.25, 0.3) is 0 Å². The molecule has 0 bridgehead atoms. The normalized spacial score (nSPS) is 11.5. The van der Waals surface area contributed by atoms with Crippen molar-refractivity contribution in [2.75, 3.05) is 13.2 Å². The molecule has 0 aromatic heterocycles. The third-order valence-corrected chi connectivity index (χ3v) is 6.35. The summed E-state index contributed by atoms with van der Waals surface area (Å²) in [5.74, 6) is -0.197. The minimum absolute atomic E-state index is 0.0987. The van der Waals surface area contributed by atoms with Crippen LogP contribution >= 0.6 is 0 Å². The highest BCUT2D eigenvalue weighted by atomic mass is 16.5. The zero-order chi connectivity index (χ0) is 26.4.